The molecule has 0 spiro atoms. The van der Waals surface area contributed by atoms with Gasteiger partial charge >= 0.3 is 0 Å². The van der Waals surface area contributed by atoms with Crippen LogP contribution in [-0.2, 0) is 0 Å². The largest absolute Gasteiger partial charge is 0.309 e. The van der Waals surface area contributed by atoms with Gasteiger partial charge in [-0.2, -0.15) is 0 Å². The van der Waals surface area contributed by atoms with E-state index < -0.39 is 0 Å². The molecule has 0 aliphatic carbocycles. The summed E-state index contributed by atoms with van der Waals surface area (Å²) < 4.78 is 5.12. The lowest BCUT2D eigenvalue weighted by Gasteiger charge is -2.17. The van der Waals surface area contributed by atoms with Crippen molar-refractivity contribution in [2.75, 3.05) is 0 Å². The zero-order valence-electron chi connectivity index (χ0n) is 27.3. The zero-order valence-corrected chi connectivity index (χ0v) is 28.1. The molecule has 0 saturated heterocycles. The summed E-state index contributed by atoms with van der Waals surface area (Å²) in [6.07, 6.45) is 0. The predicted molar refractivity (Wildman–Crippen MR) is 215 cm³/mol. The van der Waals surface area contributed by atoms with Gasteiger partial charge in [0.05, 0.1) is 16.7 Å². The third kappa shape index (κ3) is 4.69. The quantitative estimate of drug-likeness (QED) is 0.174. The van der Waals surface area contributed by atoms with Crippen molar-refractivity contribution >= 4 is 53.3 Å². The first kappa shape index (κ1) is 28.8. The lowest BCUT2D eigenvalue weighted by Crippen LogP contribution is -1.98. The number of aromatic nitrogens is 1. The van der Waals surface area contributed by atoms with Gasteiger partial charge in [0.15, 0.2) is 0 Å². The third-order valence-electron chi connectivity index (χ3n) is 10.0. The van der Waals surface area contributed by atoms with E-state index >= 15 is 0 Å². The molecule has 0 saturated carbocycles. The Hall–Kier alpha value is -6.22. The number of nitrogens with zero attached hydrogens (tertiary/aromatic N) is 1. The van der Waals surface area contributed by atoms with Crippen molar-refractivity contribution in [3.8, 4) is 50.2 Å². The molecule has 8 aromatic carbocycles. The van der Waals surface area contributed by atoms with Crippen LogP contribution in [0.2, 0.25) is 0 Å². The van der Waals surface area contributed by atoms with Crippen molar-refractivity contribution in [1.29, 1.82) is 0 Å². The molecule has 0 radical (unpaired) electrons. The average Bonchev–Trinajstić information content (AvgIpc) is 3.73. The molecule has 2 heterocycles. The van der Waals surface area contributed by atoms with Crippen LogP contribution in [0.1, 0.15) is 0 Å². The molecule has 2 heteroatoms. The Kier molecular flexibility index (Phi) is 6.75. The lowest BCUT2D eigenvalue weighted by atomic mass is 9.92. The fraction of sp³-hybridized carbons (Fsp3) is 0. The molecule has 10 aromatic rings. The van der Waals surface area contributed by atoms with Crippen molar-refractivity contribution in [2.24, 2.45) is 0 Å². The topological polar surface area (TPSA) is 4.93 Å². The summed E-state index contributed by atoms with van der Waals surface area (Å²) >= 11 is 1.86. The van der Waals surface area contributed by atoms with Crippen LogP contribution in [0.5, 0.6) is 0 Å². The molecule has 0 aliphatic heterocycles. The Morgan fingerprint density at radius 2 is 0.800 bits per heavy atom. The molecule has 0 amide bonds. The molecule has 0 fully saturated rings. The minimum Gasteiger partial charge on any atom is -0.309 e. The molecule has 0 N–H and O–H groups in total. The first-order chi connectivity index (χ1) is 24.8. The molecule has 50 heavy (non-hydrogen) atoms. The summed E-state index contributed by atoms with van der Waals surface area (Å²) in [7, 11) is 0. The summed E-state index contributed by atoms with van der Waals surface area (Å²) in [5, 5.41) is 5.13. The van der Waals surface area contributed by atoms with Crippen molar-refractivity contribution in [2.45, 2.75) is 0 Å². The average molecular weight is 654 g/mol. The van der Waals surface area contributed by atoms with Gasteiger partial charge in [-0.15, -0.1) is 11.3 Å². The van der Waals surface area contributed by atoms with Gasteiger partial charge in [-0.05, 0) is 87.5 Å². The third-order valence-corrected chi connectivity index (χ3v) is 11.2. The van der Waals surface area contributed by atoms with Crippen LogP contribution in [0.25, 0.3) is 92.2 Å². The van der Waals surface area contributed by atoms with Crippen molar-refractivity contribution in [1.82, 2.24) is 4.57 Å². The van der Waals surface area contributed by atoms with E-state index in [1.165, 1.54) is 92.2 Å². The number of hydrogen-bond donors (Lipinski definition) is 0. The van der Waals surface area contributed by atoms with E-state index in [4.69, 9.17) is 0 Å². The van der Waals surface area contributed by atoms with Crippen LogP contribution in [0.15, 0.2) is 188 Å². The van der Waals surface area contributed by atoms with Gasteiger partial charge in [0.2, 0.25) is 0 Å². The predicted octanol–water partition coefficient (Wildman–Crippen LogP) is 13.8. The van der Waals surface area contributed by atoms with Crippen LogP contribution in [0.3, 0.4) is 0 Å². The summed E-state index contributed by atoms with van der Waals surface area (Å²) in [5.41, 5.74) is 13.3. The first-order valence-electron chi connectivity index (χ1n) is 17.1. The van der Waals surface area contributed by atoms with E-state index in [0.717, 1.165) is 0 Å². The Bertz CT molecular complexity index is 2760. The highest BCUT2D eigenvalue weighted by atomic mass is 32.1. The van der Waals surface area contributed by atoms with E-state index in [9.17, 15) is 0 Å². The second kappa shape index (κ2) is 11.7. The summed E-state index contributed by atoms with van der Waals surface area (Å²) in [6.45, 7) is 0. The van der Waals surface area contributed by atoms with Gasteiger partial charge in [0, 0.05) is 36.5 Å². The van der Waals surface area contributed by atoms with E-state index in [1.807, 2.05) is 11.3 Å². The Morgan fingerprint density at radius 3 is 1.48 bits per heavy atom. The molecule has 2 aromatic heterocycles. The zero-order chi connectivity index (χ0) is 33.0. The first-order valence-corrected chi connectivity index (χ1v) is 17.9. The lowest BCUT2D eigenvalue weighted by molar-refractivity contribution is 1.18. The molecule has 0 unspecified atom stereocenters. The van der Waals surface area contributed by atoms with Crippen LogP contribution < -0.4 is 0 Å². The van der Waals surface area contributed by atoms with Gasteiger partial charge in [0.25, 0.3) is 0 Å². The van der Waals surface area contributed by atoms with Gasteiger partial charge in [-0.25, -0.2) is 0 Å². The van der Waals surface area contributed by atoms with Crippen molar-refractivity contribution in [3.05, 3.63) is 188 Å². The molecule has 234 valence electrons. The van der Waals surface area contributed by atoms with Crippen LogP contribution >= 0.6 is 11.3 Å². The maximum Gasteiger partial charge on any atom is 0.0541 e. The highest BCUT2D eigenvalue weighted by molar-refractivity contribution is 7.25. The SMILES string of the molecule is c1ccc(-c2ccc3c(c2)c2cc(-c4ccccc4)ccc2n3-c2ccccc2-c2ccccc2-c2ccc3sc4ccccc4c3c2)cc1. The fourth-order valence-corrected chi connectivity index (χ4v) is 8.75. The Labute approximate surface area is 295 Å². The number of rotatable bonds is 5. The maximum absolute atomic E-state index is 2.47. The number of hydrogen-bond acceptors (Lipinski definition) is 1. The monoisotopic (exact) mass is 653 g/mol. The number of thiophene rings is 1. The molecule has 1 nitrogen and oxygen atoms in total. The summed E-state index contributed by atoms with van der Waals surface area (Å²) in [6, 6.07) is 68.7. The van der Waals surface area contributed by atoms with E-state index in [-0.39, 0.29) is 0 Å². The van der Waals surface area contributed by atoms with Gasteiger partial charge in [0.1, 0.15) is 0 Å². The van der Waals surface area contributed by atoms with Gasteiger partial charge in [-0.3, -0.25) is 0 Å². The highest BCUT2D eigenvalue weighted by Crippen LogP contribution is 2.43. The minimum atomic E-state index is 1.17. The highest BCUT2D eigenvalue weighted by Gasteiger charge is 2.19. The van der Waals surface area contributed by atoms with Gasteiger partial charge < -0.3 is 4.57 Å². The van der Waals surface area contributed by atoms with Crippen molar-refractivity contribution in [3.63, 3.8) is 0 Å². The normalized spacial score (nSPS) is 11.6. The molecule has 10 rings (SSSR count). The number of para-hydroxylation sites is 1. The fourth-order valence-electron chi connectivity index (χ4n) is 7.66. The smallest absolute Gasteiger partial charge is 0.0541 e. The number of benzene rings is 8. The summed E-state index contributed by atoms with van der Waals surface area (Å²) in [4.78, 5) is 0. The molecule has 0 aliphatic rings. The molecular formula is C48H31NS. The number of fused-ring (bicyclic) bond motifs is 6. The minimum absolute atomic E-state index is 1.17. The second-order valence-electron chi connectivity index (χ2n) is 12.9. The second-order valence-corrected chi connectivity index (χ2v) is 14.0. The van der Waals surface area contributed by atoms with Gasteiger partial charge in [-0.1, -0.05) is 140 Å². The van der Waals surface area contributed by atoms with E-state index in [2.05, 4.69) is 193 Å². The molecule has 0 bridgehead atoms. The Balaban J connectivity index is 1.21. The van der Waals surface area contributed by atoms with E-state index in [0.29, 0.717) is 0 Å². The van der Waals surface area contributed by atoms with Crippen LogP contribution in [0, 0.1) is 0 Å². The Morgan fingerprint density at radius 1 is 0.300 bits per heavy atom. The molecular weight excluding hydrogens is 623 g/mol. The van der Waals surface area contributed by atoms with Crippen molar-refractivity contribution < 1.29 is 0 Å². The molecule has 0 atom stereocenters. The van der Waals surface area contributed by atoms with Crippen LogP contribution in [-0.4, -0.2) is 4.57 Å². The van der Waals surface area contributed by atoms with E-state index in [1.54, 1.807) is 0 Å². The summed E-state index contributed by atoms with van der Waals surface area (Å²) in [5.74, 6) is 0. The van der Waals surface area contributed by atoms with Crippen LogP contribution in [0.4, 0.5) is 0 Å². The standard InChI is InChI=1S/C48H31NS/c1-3-13-32(14-4-1)34-23-26-45-41(29-34)42-30-35(33-15-5-2-6-16-33)24-27-46(42)49(45)44-21-11-9-19-39(44)38-18-8-7-17-37(38)36-25-28-48-43(31-36)40-20-10-12-22-47(40)50-48/h1-31H. The maximum atomic E-state index is 2.47.